The zero-order chi connectivity index (χ0) is 14.9. The third-order valence-corrected chi connectivity index (χ3v) is 2.97. The molecule has 0 saturated heterocycles. The molecule has 2 heterocycles. The fourth-order valence-corrected chi connectivity index (χ4v) is 2.04. The summed E-state index contributed by atoms with van der Waals surface area (Å²) in [5.41, 5.74) is 2.04. The predicted molar refractivity (Wildman–Crippen MR) is 71.3 cm³/mol. The van der Waals surface area contributed by atoms with Crippen LogP contribution in [0.5, 0.6) is 0 Å². The quantitative estimate of drug-likeness (QED) is 0.683. The Bertz CT molecular complexity index is 744. The van der Waals surface area contributed by atoms with Crippen LogP contribution in [-0.2, 0) is 4.79 Å². The highest BCUT2D eigenvalue weighted by Gasteiger charge is 2.14. The maximum absolute atomic E-state index is 10.9. The third kappa shape index (κ3) is 2.34. The Morgan fingerprint density at radius 3 is 2.65 bits per heavy atom. The molecule has 0 radical (unpaired) electrons. The van der Waals surface area contributed by atoms with Crippen LogP contribution in [0.4, 0.5) is 0 Å². The van der Waals surface area contributed by atoms with E-state index < -0.39 is 5.97 Å². The second kappa shape index (κ2) is 5.05. The highest BCUT2D eigenvalue weighted by molar-refractivity contribution is 5.96. The second-order valence-electron chi connectivity index (χ2n) is 4.43. The summed E-state index contributed by atoms with van der Waals surface area (Å²) in [6.45, 7) is 5.50. The lowest BCUT2D eigenvalue weighted by Gasteiger charge is -2.03. The van der Waals surface area contributed by atoms with Crippen molar-refractivity contribution in [2.45, 2.75) is 20.8 Å². The summed E-state index contributed by atoms with van der Waals surface area (Å²) < 4.78 is 6.89. The average molecular weight is 271 g/mol. The molecule has 6 heteroatoms. The van der Waals surface area contributed by atoms with E-state index >= 15 is 0 Å². The summed E-state index contributed by atoms with van der Waals surface area (Å²) in [5.74, 6) is 0.0772. The van der Waals surface area contributed by atoms with E-state index in [-0.39, 0.29) is 5.57 Å². The Morgan fingerprint density at radius 1 is 1.45 bits per heavy atom. The van der Waals surface area contributed by atoms with E-state index in [4.69, 9.17) is 14.9 Å². The molecule has 102 valence electrons. The molecule has 0 aliphatic heterocycles. The first kappa shape index (κ1) is 13.6. The molecule has 0 saturated carbocycles. The fourth-order valence-electron chi connectivity index (χ4n) is 2.04. The molecule has 0 aliphatic rings. The van der Waals surface area contributed by atoms with Crippen molar-refractivity contribution in [3.8, 4) is 11.9 Å². The van der Waals surface area contributed by atoms with Crippen molar-refractivity contribution in [1.82, 2.24) is 9.72 Å². The van der Waals surface area contributed by atoms with Gasteiger partial charge in [-0.1, -0.05) is 5.16 Å². The van der Waals surface area contributed by atoms with Crippen LogP contribution in [-0.4, -0.2) is 20.8 Å². The number of hydrogen-bond acceptors (Lipinski definition) is 4. The van der Waals surface area contributed by atoms with E-state index in [1.807, 2.05) is 18.4 Å². The Labute approximate surface area is 115 Å². The number of carboxylic acid groups (broad SMARTS) is 1. The number of nitriles is 1. The summed E-state index contributed by atoms with van der Waals surface area (Å²) in [6, 6.07) is 5.26. The van der Waals surface area contributed by atoms with Gasteiger partial charge in [-0.25, -0.2) is 4.79 Å². The van der Waals surface area contributed by atoms with E-state index in [0.717, 1.165) is 11.4 Å². The van der Waals surface area contributed by atoms with Gasteiger partial charge in [-0.15, -0.1) is 0 Å². The maximum Gasteiger partial charge on any atom is 0.346 e. The molecule has 0 amide bonds. The van der Waals surface area contributed by atoms with E-state index in [9.17, 15) is 4.79 Å². The summed E-state index contributed by atoms with van der Waals surface area (Å²) in [6.07, 6.45) is 1.36. The van der Waals surface area contributed by atoms with Gasteiger partial charge < -0.3 is 9.63 Å². The summed E-state index contributed by atoms with van der Waals surface area (Å²) >= 11 is 0. The molecule has 0 aliphatic carbocycles. The Hall–Kier alpha value is -2.81. The molecular weight excluding hydrogens is 258 g/mol. The maximum atomic E-state index is 10.9. The number of aryl methyl sites for hydroxylation is 2. The topological polar surface area (TPSA) is 92.0 Å². The van der Waals surface area contributed by atoms with Crippen molar-refractivity contribution in [2.24, 2.45) is 0 Å². The van der Waals surface area contributed by atoms with Crippen LogP contribution in [0.3, 0.4) is 0 Å². The van der Waals surface area contributed by atoms with E-state index in [1.165, 1.54) is 6.08 Å². The Kier molecular flexibility index (Phi) is 3.44. The molecule has 0 fully saturated rings. The number of hydrogen-bond donors (Lipinski definition) is 1. The Balaban J connectivity index is 2.55. The molecule has 2 rings (SSSR count). The number of carbonyl (C=O) groups is 1. The van der Waals surface area contributed by atoms with Crippen LogP contribution in [0.1, 0.15) is 22.7 Å². The number of aromatic nitrogens is 2. The van der Waals surface area contributed by atoms with E-state index in [1.54, 1.807) is 25.1 Å². The van der Waals surface area contributed by atoms with Crippen LogP contribution >= 0.6 is 0 Å². The molecule has 20 heavy (non-hydrogen) atoms. The van der Waals surface area contributed by atoms with Crippen molar-refractivity contribution >= 4 is 12.0 Å². The van der Waals surface area contributed by atoms with Gasteiger partial charge in [0.25, 0.3) is 0 Å². The van der Waals surface area contributed by atoms with Crippen molar-refractivity contribution in [3.63, 3.8) is 0 Å². The van der Waals surface area contributed by atoms with Crippen molar-refractivity contribution < 1.29 is 14.4 Å². The van der Waals surface area contributed by atoms with Crippen LogP contribution in [0, 0.1) is 32.1 Å². The first-order valence-corrected chi connectivity index (χ1v) is 5.91. The summed E-state index contributed by atoms with van der Waals surface area (Å²) in [7, 11) is 0. The van der Waals surface area contributed by atoms with Crippen molar-refractivity contribution in [3.05, 3.63) is 40.4 Å². The molecule has 0 aromatic carbocycles. The van der Waals surface area contributed by atoms with Gasteiger partial charge in [0.05, 0.1) is 0 Å². The van der Waals surface area contributed by atoms with Gasteiger partial charge in [-0.3, -0.25) is 4.57 Å². The van der Waals surface area contributed by atoms with Crippen LogP contribution < -0.4 is 0 Å². The summed E-state index contributed by atoms with van der Waals surface area (Å²) in [5, 5.41) is 21.7. The third-order valence-electron chi connectivity index (χ3n) is 2.97. The summed E-state index contributed by atoms with van der Waals surface area (Å²) in [4.78, 5) is 10.9. The van der Waals surface area contributed by atoms with Crippen molar-refractivity contribution in [1.29, 1.82) is 5.26 Å². The highest BCUT2D eigenvalue weighted by Crippen LogP contribution is 2.22. The van der Waals surface area contributed by atoms with Crippen LogP contribution in [0.2, 0.25) is 0 Å². The van der Waals surface area contributed by atoms with Crippen LogP contribution in [0.15, 0.2) is 22.2 Å². The molecule has 0 bridgehead atoms. The highest BCUT2D eigenvalue weighted by atomic mass is 16.5. The van der Waals surface area contributed by atoms with Gasteiger partial charge in [-0.2, -0.15) is 5.26 Å². The molecule has 2 aromatic heterocycles. The molecule has 1 N–H and O–H groups in total. The van der Waals surface area contributed by atoms with Gasteiger partial charge >= 0.3 is 5.97 Å². The lowest BCUT2D eigenvalue weighted by atomic mass is 10.1. The van der Waals surface area contributed by atoms with Gasteiger partial charge in [0.2, 0.25) is 0 Å². The predicted octanol–water partition coefficient (Wildman–Crippen LogP) is 2.38. The lowest BCUT2D eigenvalue weighted by Crippen LogP contribution is -2.00. The monoisotopic (exact) mass is 271 g/mol. The van der Waals surface area contributed by atoms with Crippen molar-refractivity contribution in [2.75, 3.05) is 0 Å². The number of carboxylic acids is 1. The SMILES string of the molecule is Cc1cc(-n2c(C)cc(/C=C(/C#N)C(=O)O)c2C)no1. The number of nitrogens with zero attached hydrogens (tertiary/aromatic N) is 3. The molecule has 0 atom stereocenters. The van der Waals surface area contributed by atoms with E-state index in [2.05, 4.69) is 5.16 Å². The zero-order valence-electron chi connectivity index (χ0n) is 11.3. The van der Waals surface area contributed by atoms with Gasteiger partial charge in [0.15, 0.2) is 5.82 Å². The molecule has 6 nitrogen and oxygen atoms in total. The first-order valence-electron chi connectivity index (χ1n) is 5.91. The standard InChI is InChI=1S/C14H13N3O3/c1-8-4-11(6-12(7-15)14(18)19)10(3)17(8)13-5-9(2)20-16-13/h4-6H,1-3H3,(H,18,19)/b12-6-. The van der Waals surface area contributed by atoms with Gasteiger partial charge in [-0.05, 0) is 38.5 Å². The minimum Gasteiger partial charge on any atom is -0.477 e. The van der Waals surface area contributed by atoms with Gasteiger partial charge in [0.1, 0.15) is 17.4 Å². The molecular formula is C14H13N3O3. The fraction of sp³-hybridized carbons (Fsp3) is 0.214. The molecule has 0 spiro atoms. The molecule has 0 unspecified atom stereocenters. The number of rotatable bonds is 3. The van der Waals surface area contributed by atoms with E-state index in [0.29, 0.717) is 17.1 Å². The zero-order valence-corrected chi connectivity index (χ0v) is 11.3. The second-order valence-corrected chi connectivity index (χ2v) is 4.43. The smallest absolute Gasteiger partial charge is 0.346 e. The minimum absolute atomic E-state index is 0.304. The average Bonchev–Trinajstić information content (AvgIpc) is 2.90. The number of aliphatic carboxylic acids is 1. The largest absolute Gasteiger partial charge is 0.477 e. The molecule has 2 aromatic rings. The Morgan fingerprint density at radius 2 is 2.15 bits per heavy atom. The normalized spacial score (nSPS) is 11.4. The first-order chi connectivity index (χ1) is 9.43. The van der Waals surface area contributed by atoms with Crippen LogP contribution in [0.25, 0.3) is 11.9 Å². The minimum atomic E-state index is -1.24. The van der Waals surface area contributed by atoms with Gasteiger partial charge in [0, 0.05) is 17.5 Å². The lowest BCUT2D eigenvalue weighted by molar-refractivity contribution is -0.132.